The highest BCUT2D eigenvalue weighted by molar-refractivity contribution is 7.17. The van der Waals surface area contributed by atoms with Crippen LogP contribution in [0.25, 0.3) is 0 Å². The molecule has 2 heterocycles. The molecule has 1 unspecified atom stereocenters. The SMILES string of the molecule is COC(=O)c1c(NC(=O)C2CC(=O)N(c3cccc(C)c3)C2)sc2c1CCCC2. The normalized spacial score (nSPS) is 18.5. The topological polar surface area (TPSA) is 75.7 Å². The van der Waals surface area contributed by atoms with Crippen LogP contribution in [0.5, 0.6) is 0 Å². The molecule has 2 aromatic rings. The Kier molecular flexibility index (Phi) is 5.41. The van der Waals surface area contributed by atoms with Crippen LogP contribution in [0.15, 0.2) is 24.3 Å². The van der Waals surface area contributed by atoms with Crippen LogP contribution in [0.1, 0.15) is 45.6 Å². The Hall–Kier alpha value is -2.67. The average molecular weight is 413 g/mol. The maximum Gasteiger partial charge on any atom is 0.341 e. The molecule has 0 bridgehead atoms. The molecule has 2 amide bonds. The van der Waals surface area contributed by atoms with Gasteiger partial charge in [-0.2, -0.15) is 0 Å². The summed E-state index contributed by atoms with van der Waals surface area (Å²) in [5.74, 6) is -1.15. The number of rotatable bonds is 4. The molecule has 1 aromatic heterocycles. The van der Waals surface area contributed by atoms with Crippen molar-refractivity contribution in [3.8, 4) is 0 Å². The lowest BCUT2D eigenvalue weighted by Gasteiger charge is -2.17. The average Bonchev–Trinajstić information content (AvgIpc) is 3.27. The van der Waals surface area contributed by atoms with E-state index in [-0.39, 0.29) is 18.2 Å². The van der Waals surface area contributed by atoms with Crippen LogP contribution in [0.4, 0.5) is 10.7 Å². The van der Waals surface area contributed by atoms with Crippen LogP contribution in [-0.4, -0.2) is 31.4 Å². The second kappa shape index (κ2) is 7.99. The number of hydrogen-bond donors (Lipinski definition) is 1. The molecule has 1 saturated heterocycles. The lowest BCUT2D eigenvalue weighted by molar-refractivity contribution is -0.122. The number of amides is 2. The van der Waals surface area contributed by atoms with Gasteiger partial charge in [0.15, 0.2) is 0 Å². The van der Waals surface area contributed by atoms with Crippen molar-refractivity contribution in [3.63, 3.8) is 0 Å². The first-order valence-corrected chi connectivity index (χ1v) is 10.7. The summed E-state index contributed by atoms with van der Waals surface area (Å²) < 4.78 is 4.97. The van der Waals surface area contributed by atoms with Crippen LogP contribution in [0, 0.1) is 12.8 Å². The number of methoxy groups -OCH3 is 1. The largest absolute Gasteiger partial charge is 0.465 e. The molecule has 6 nitrogen and oxygen atoms in total. The van der Waals surface area contributed by atoms with Gasteiger partial charge in [-0.25, -0.2) is 4.79 Å². The Labute approximate surface area is 173 Å². The zero-order valence-electron chi connectivity index (χ0n) is 16.6. The molecular weight excluding hydrogens is 388 g/mol. The number of nitrogens with one attached hydrogen (secondary N) is 1. The predicted molar refractivity (Wildman–Crippen MR) is 113 cm³/mol. The number of benzene rings is 1. The van der Waals surface area contributed by atoms with Crippen LogP contribution in [-0.2, 0) is 27.2 Å². The number of hydrogen-bond acceptors (Lipinski definition) is 5. The Morgan fingerprint density at radius 1 is 1.24 bits per heavy atom. The molecule has 2 aliphatic rings. The van der Waals surface area contributed by atoms with Gasteiger partial charge in [0.2, 0.25) is 11.8 Å². The summed E-state index contributed by atoms with van der Waals surface area (Å²) in [6.07, 6.45) is 4.03. The number of carbonyl (C=O) groups is 3. The highest BCUT2D eigenvalue weighted by atomic mass is 32.1. The second-order valence-electron chi connectivity index (χ2n) is 7.64. The van der Waals surface area contributed by atoms with E-state index in [1.807, 2.05) is 31.2 Å². The standard InChI is InChI=1S/C22H24N2O4S/c1-13-6-5-7-15(10-13)24-12-14(11-18(24)25)20(26)23-21-19(22(27)28-2)16-8-3-4-9-17(16)29-21/h5-7,10,14H,3-4,8-9,11-12H2,1-2H3,(H,23,26). The number of aryl methyl sites for hydroxylation is 2. The zero-order chi connectivity index (χ0) is 20.5. The molecule has 1 aliphatic carbocycles. The summed E-state index contributed by atoms with van der Waals surface area (Å²) in [6, 6.07) is 7.71. The molecule has 0 radical (unpaired) electrons. The van der Waals surface area contributed by atoms with E-state index in [0.29, 0.717) is 17.1 Å². The number of nitrogens with zero attached hydrogens (tertiary/aromatic N) is 1. The smallest absolute Gasteiger partial charge is 0.341 e. The molecule has 152 valence electrons. The fraction of sp³-hybridized carbons (Fsp3) is 0.409. The molecule has 1 aromatic carbocycles. The van der Waals surface area contributed by atoms with E-state index in [0.717, 1.165) is 47.4 Å². The fourth-order valence-electron chi connectivity index (χ4n) is 4.11. The first-order valence-electron chi connectivity index (χ1n) is 9.88. The third-order valence-corrected chi connectivity index (χ3v) is 6.81. The molecule has 1 fully saturated rings. The van der Waals surface area contributed by atoms with Gasteiger partial charge < -0.3 is 15.0 Å². The van der Waals surface area contributed by atoms with Crippen molar-refractivity contribution in [1.82, 2.24) is 0 Å². The molecule has 4 rings (SSSR count). The minimum atomic E-state index is -0.451. The van der Waals surface area contributed by atoms with Crippen molar-refractivity contribution in [2.45, 2.75) is 39.0 Å². The van der Waals surface area contributed by atoms with Crippen molar-refractivity contribution in [3.05, 3.63) is 45.8 Å². The Balaban J connectivity index is 1.54. The van der Waals surface area contributed by atoms with Crippen molar-refractivity contribution in [2.75, 3.05) is 23.9 Å². The quantitative estimate of drug-likeness (QED) is 0.777. The second-order valence-corrected chi connectivity index (χ2v) is 8.75. The minimum absolute atomic E-state index is 0.0607. The summed E-state index contributed by atoms with van der Waals surface area (Å²) in [5.41, 5.74) is 3.37. The predicted octanol–water partition coefficient (Wildman–Crippen LogP) is 3.71. The molecule has 1 N–H and O–H groups in total. The molecule has 29 heavy (non-hydrogen) atoms. The first kappa shape index (κ1) is 19.6. The van der Waals surface area contributed by atoms with E-state index in [1.54, 1.807) is 4.90 Å². The minimum Gasteiger partial charge on any atom is -0.465 e. The number of esters is 1. The highest BCUT2D eigenvalue weighted by Gasteiger charge is 2.36. The van der Waals surface area contributed by atoms with Gasteiger partial charge in [-0.1, -0.05) is 12.1 Å². The summed E-state index contributed by atoms with van der Waals surface area (Å²) in [5, 5.41) is 3.48. The van der Waals surface area contributed by atoms with Crippen LogP contribution in [0.3, 0.4) is 0 Å². The van der Waals surface area contributed by atoms with Crippen molar-refractivity contribution >= 4 is 39.8 Å². The van der Waals surface area contributed by atoms with E-state index in [4.69, 9.17) is 4.74 Å². The summed E-state index contributed by atoms with van der Waals surface area (Å²) in [7, 11) is 1.36. The van der Waals surface area contributed by atoms with Gasteiger partial charge in [-0.15, -0.1) is 11.3 Å². The summed E-state index contributed by atoms with van der Waals surface area (Å²) >= 11 is 1.46. The summed E-state index contributed by atoms with van der Waals surface area (Å²) in [6.45, 7) is 2.31. The van der Waals surface area contributed by atoms with Gasteiger partial charge in [0.1, 0.15) is 5.00 Å². The first-order chi connectivity index (χ1) is 14.0. The lowest BCUT2D eigenvalue weighted by Crippen LogP contribution is -2.28. The molecule has 1 atom stereocenters. The molecule has 0 spiro atoms. The van der Waals surface area contributed by atoms with Crippen molar-refractivity contribution < 1.29 is 19.1 Å². The number of fused-ring (bicyclic) bond motifs is 1. The Morgan fingerprint density at radius 3 is 2.79 bits per heavy atom. The number of ether oxygens (including phenoxy) is 1. The van der Waals surface area contributed by atoms with Crippen LogP contribution in [0.2, 0.25) is 0 Å². The highest BCUT2D eigenvalue weighted by Crippen LogP contribution is 2.39. The van der Waals surface area contributed by atoms with Crippen LogP contribution >= 0.6 is 11.3 Å². The van der Waals surface area contributed by atoms with Crippen molar-refractivity contribution in [1.29, 1.82) is 0 Å². The van der Waals surface area contributed by atoms with E-state index in [1.165, 1.54) is 18.4 Å². The third kappa shape index (κ3) is 3.79. The third-order valence-electron chi connectivity index (χ3n) is 5.61. The Bertz CT molecular complexity index is 981. The van der Waals surface area contributed by atoms with Gasteiger partial charge in [0.25, 0.3) is 0 Å². The number of thiophene rings is 1. The maximum absolute atomic E-state index is 12.9. The van der Waals surface area contributed by atoms with E-state index < -0.39 is 11.9 Å². The molecular formula is C22H24N2O4S. The van der Waals surface area contributed by atoms with E-state index >= 15 is 0 Å². The van der Waals surface area contributed by atoms with E-state index in [9.17, 15) is 14.4 Å². The van der Waals surface area contributed by atoms with E-state index in [2.05, 4.69) is 5.32 Å². The van der Waals surface area contributed by atoms with Gasteiger partial charge >= 0.3 is 5.97 Å². The summed E-state index contributed by atoms with van der Waals surface area (Å²) in [4.78, 5) is 40.6. The van der Waals surface area contributed by atoms with Gasteiger partial charge in [-0.3, -0.25) is 9.59 Å². The van der Waals surface area contributed by atoms with Gasteiger partial charge in [-0.05, 0) is 55.9 Å². The molecule has 7 heteroatoms. The Morgan fingerprint density at radius 2 is 2.03 bits per heavy atom. The number of carbonyl (C=O) groups excluding carboxylic acids is 3. The monoisotopic (exact) mass is 412 g/mol. The van der Waals surface area contributed by atoms with Crippen molar-refractivity contribution in [2.24, 2.45) is 5.92 Å². The lowest BCUT2D eigenvalue weighted by atomic mass is 9.95. The zero-order valence-corrected chi connectivity index (χ0v) is 17.4. The van der Waals surface area contributed by atoms with Gasteiger partial charge in [0.05, 0.1) is 18.6 Å². The molecule has 0 saturated carbocycles. The molecule has 1 aliphatic heterocycles. The maximum atomic E-state index is 12.9. The van der Waals surface area contributed by atoms with Crippen LogP contribution < -0.4 is 10.2 Å². The number of anilines is 2. The van der Waals surface area contributed by atoms with Gasteiger partial charge in [0, 0.05) is 23.5 Å². The fourth-order valence-corrected chi connectivity index (χ4v) is 5.39.